The fourth-order valence-electron chi connectivity index (χ4n) is 6.23. The van der Waals surface area contributed by atoms with Crippen molar-refractivity contribution < 1.29 is 24.2 Å². The van der Waals surface area contributed by atoms with E-state index in [1.807, 2.05) is 72.7 Å². The van der Waals surface area contributed by atoms with Crippen molar-refractivity contribution in [3.8, 4) is 11.5 Å². The number of Topliss-reactive ketones (excluding diaryl/α,β-unsaturated/α-hetero) is 1. The van der Waals surface area contributed by atoms with Gasteiger partial charge in [-0.3, -0.25) is 14.4 Å². The maximum Gasteiger partial charge on any atom is 0.335 e. The lowest BCUT2D eigenvalue weighted by atomic mass is 9.94. The number of carbonyl (C=O) groups excluding carboxylic acids is 1. The summed E-state index contributed by atoms with van der Waals surface area (Å²) in [5.74, 6) is 1.22. The highest BCUT2D eigenvalue weighted by Crippen LogP contribution is 2.44. The number of benzene rings is 2. The second-order valence-corrected chi connectivity index (χ2v) is 15.0. The number of aromatic amines is 2. The number of ketones is 1. The summed E-state index contributed by atoms with van der Waals surface area (Å²) in [5, 5.41) is 8.93. The van der Waals surface area contributed by atoms with E-state index in [0.717, 1.165) is 49.6 Å². The molecule has 2 aliphatic heterocycles. The number of hydrogen-bond donors (Lipinski definition) is 4. The van der Waals surface area contributed by atoms with Crippen LogP contribution in [0.5, 0.6) is 11.5 Å². The number of aryl methyl sites for hydroxylation is 4. The molecule has 0 amide bonds. The number of carboxylic acids is 1. The van der Waals surface area contributed by atoms with E-state index in [4.69, 9.17) is 20.3 Å². The smallest absolute Gasteiger partial charge is 0.335 e. The molecule has 10 nitrogen and oxygen atoms in total. The number of aromatic carboxylic acids is 1. The van der Waals surface area contributed by atoms with Crippen LogP contribution < -0.4 is 26.3 Å². The second kappa shape index (κ2) is 16.6. The van der Waals surface area contributed by atoms with E-state index in [9.17, 15) is 19.2 Å². The molecule has 12 heteroatoms. The van der Waals surface area contributed by atoms with Crippen LogP contribution >= 0.6 is 31.9 Å². The second-order valence-electron chi connectivity index (χ2n) is 13.3. The highest BCUT2D eigenvalue weighted by Gasteiger charge is 2.31. The summed E-state index contributed by atoms with van der Waals surface area (Å²) < 4.78 is 13.0. The molecule has 2 aromatic heterocycles. The number of fused-ring (bicyclic) bond motifs is 2. The first-order chi connectivity index (χ1) is 23.9. The SMILES string of the molecule is C[C@@H]1Oc2c(Br)cc(C(=O)O)cc2[C@H]1C.Cc1cc(C)c(CCC(=O)c2cc(Br)c3c(c2)[C@@H](C)[C@H](C)O3)c(=O)[nH]1.Cc1cc(C)c(CN)c(=O)[nH]1. The van der Waals surface area contributed by atoms with Crippen molar-refractivity contribution in [3.63, 3.8) is 0 Å². The van der Waals surface area contributed by atoms with Gasteiger partial charge in [-0.1, -0.05) is 13.8 Å². The van der Waals surface area contributed by atoms with Gasteiger partial charge in [-0.25, -0.2) is 4.79 Å². The highest BCUT2D eigenvalue weighted by atomic mass is 79.9. The molecule has 0 spiro atoms. The molecule has 4 aromatic rings. The predicted octanol–water partition coefficient (Wildman–Crippen LogP) is 7.94. The highest BCUT2D eigenvalue weighted by molar-refractivity contribution is 9.11. The molecule has 2 aliphatic rings. The van der Waals surface area contributed by atoms with Gasteiger partial charge in [0.1, 0.15) is 23.7 Å². The first kappa shape index (κ1) is 39.8. The van der Waals surface area contributed by atoms with Crippen molar-refractivity contribution in [2.75, 3.05) is 0 Å². The Hall–Kier alpha value is -4.00. The molecule has 0 unspecified atom stereocenters. The maximum absolute atomic E-state index is 12.7. The summed E-state index contributed by atoms with van der Waals surface area (Å²) in [6.07, 6.45) is 0.950. The quantitative estimate of drug-likeness (QED) is 0.142. The molecule has 5 N–H and O–H groups in total. The van der Waals surface area contributed by atoms with Gasteiger partial charge in [0.05, 0.1) is 14.5 Å². The third-order valence-electron chi connectivity index (χ3n) is 9.50. The lowest BCUT2D eigenvalue weighted by molar-refractivity contribution is 0.0696. The third-order valence-corrected chi connectivity index (χ3v) is 10.7. The number of ether oxygens (including phenoxy) is 2. The molecule has 2 aromatic carbocycles. The number of nitrogens with two attached hydrogens (primary N) is 1. The van der Waals surface area contributed by atoms with Crippen LogP contribution in [0.1, 0.15) is 111 Å². The molecule has 0 fully saturated rings. The minimum absolute atomic E-state index is 0.0367. The number of pyridine rings is 2. The van der Waals surface area contributed by atoms with Gasteiger partial charge in [0.15, 0.2) is 5.78 Å². The molecule has 4 atom stereocenters. The van der Waals surface area contributed by atoms with Gasteiger partial charge in [0, 0.05) is 64.0 Å². The molecule has 272 valence electrons. The van der Waals surface area contributed by atoms with Crippen LogP contribution in [-0.2, 0) is 13.0 Å². The standard InChI is InChI=1S/C20H22BrNO3.C11H11BrO3.C8H12N2O/c1-10-7-11(2)22-20(24)15(10)5-6-18(23)14-8-16-12(3)13(4)25-19(16)17(21)9-14;1-5-6(2)15-10-8(5)3-7(11(13)14)4-9(10)12;1-5-3-6(2)10-8(11)7(5)4-9/h7-9,12-13H,5-6H2,1-4H3,(H,22,24);3-6H,1-2H3,(H,13,14);3H,4,9H2,1-2H3,(H,10,11)/t12-,13-;5-,6-;/m00./s1. The largest absolute Gasteiger partial charge is 0.489 e. The number of H-pyrrole nitrogens is 2. The topological polar surface area (TPSA) is 165 Å². The Morgan fingerprint density at radius 3 is 1.59 bits per heavy atom. The number of hydrogen-bond acceptors (Lipinski definition) is 7. The van der Waals surface area contributed by atoms with Crippen molar-refractivity contribution in [2.45, 2.75) is 98.8 Å². The average Bonchev–Trinajstić information content (AvgIpc) is 3.50. The number of rotatable bonds is 6. The van der Waals surface area contributed by atoms with E-state index in [1.165, 1.54) is 0 Å². The van der Waals surface area contributed by atoms with Crippen LogP contribution in [0.2, 0.25) is 0 Å². The normalized spacial score (nSPS) is 18.3. The van der Waals surface area contributed by atoms with E-state index in [0.29, 0.717) is 46.1 Å². The van der Waals surface area contributed by atoms with Gasteiger partial charge < -0.3 is 30.3 Å². The molecule has 51 heavy (non-hydrogen) atoms. The van der Waals surface area contributed by atoms with Crippen molar-refractivity contribution >= 4 is 43.6 Å². The number of carbonyl (C=O) groups is 2. The van der Waals surface area contributed by atoms with Gasteiger partial charge in [-0.2, -0.15) is 0 Å². The monoisotopic (exact) mass is 825 g/mol. The van der Waals surface area contributed by atoms with E-state index >= 15 is 0 Å². The fourth-order valence-corrected chi connectivity index (χ4v) is 7.37. The Morgan fingerprint density at radius 2 is 1.16 bits per heavy atom. The number of carboxylic acid groups (broad SMARTS) is 1. The van der Waals surface area contributed by atoms with Crippen LogP contribution in [0.25, 0.3) is 0 Å². The molecule has 6 rings (SSSR count). The number of aromatic nitrogens is 2. The lowest BCUT2D eigenvalue weighted by Crippen LogP contribution is -2.18. The van der Waals surface area contributed by atoms with Crippen molar-refractivity contribution in [2.24, 2.45) is 5.73 Å². The molecule has 0 saturated heterocycles. The van der Waals surface area contributed by atoms with E-state index in [1.54, 1.807) is 12.1 Å². The Bertz CT molecular complexity index is 2090. The molecule has 0 saturated carbocycles. The summed E-state index contributed by atoms with van der Waals surface area (Å²) in [7, 11) is 0. The zero-order chi connectivity index (χ0) is 37.9. The van der Waals surface area contributed by atoms with Gasteiger partial charge >= 0.3 is 5.97 Å². The van der Waals surface area contributed by atoms with E-state index in [-0.39, 0.29) is 40.9 Å². The van der Waals surface area contributed by atoms with Gasteiger partial charge in [-0.05, 0) is 127 Å². The summed E-state index contributed by atoms with van der Waals surface area (Å²) >= 11 is 6.85. The Kier molecular flexibility index (Phi) is 12.9. The third kappa shape index (κ3) is 9.09. The van der Waals surface area contributed by atoms with Crippen LogP contribution in [0.4, 0.5) is 0 Å². The summed E-state index contributed by atoms with van der Waals surface area (Å²) in [6.45, 7) is 16.0. The Balaban J connectivity index is 0.000000190. The minimum atomic E-state index is -0.912. The molecule has 0 aliphatic carbocycles. The van der Waals surface area contributed by atoms with Crippen molar-refractivity contribution in [3.05, 3.63) is 122 Å². The molecule has 0 radical (unpaired) electrons. The van der Waals surface area contributed by atoms with Crippen LogP contribution in [-0.4, -0.2) is 39.0 Å². The zero-order valence-corrected chi connectivity index (χ0v) is 33.3. The predicted molar refractivity (Wildman–Crippen MR) is 206 cm³/mol. The fraction of sp³-hybridized carbons (Fsp3) is 0.385. The lowest BCUT2D eigenvalue weighted by Gasteiger charge is -2.09. The van der Waals surface area contributed by atoms with Crippen molar-refractivity contribution in [1.29, 1.82) is 0 Å². The van der Waals surface area contributed by atoms with Crippen molar-refractivity contribution in [1.82, 2.24) is 9.97 Å². The Labute approximate surface area is 314 Å². The summed E-state index contributed by atoms with van der Waals surface area (Å²) in [5.41, 5.74) is 13.2. The maximum atomic E-state index is 12.7. The molecule has 0 bridgehead atoms. The average molecular weight is 828 g/mol. The van der Waals surface area contributed by atoms with Gasteiger partial charge in [0.25, 0.3) is 11.1 Å². The van der Waals surface area contributed by atoms with Gasteiger partial charge in [0.2, 0.25) is 0 Å². The number of halogens is 2. The summed E-state index contributed by atoms with van der Waals surface area (Å²) in [6, 6.07) is 10.9. The first-order valence-corrected chi connectivity index (χ1v) is 18.4. The zero-order valence-electron chi connectivity index (χ0n) is 30.1. The number of nitrogens with one attached hydrogen (secondary N) is 2. The van der Waals surface area contributed by atoms with Crippen LogP contribution in [0.3, 0.4) is 0 Å². The molecule has 4 heterocycles. The molecular weight excluding hydrogens is 782 g/mol. The first-order valence-electron chi connectivity index (χ1n) is 16.8. The van der Waals surface area contributed by atoms with Crippen LogP contribution in [0.15, 0.2) is 54.9 Å². The van der Waals surface area contributed by atoms with E-state index < -0.39 is 5.97 Å². The van der Waals surface area contributed by atoms with E-state index in [2.05, 4.69) is 48.8 Å². The Morgan fingerprint density at radius 1 is 0.725 bits per heavy atom. The molecular formula is C39H45Br2N3O7. The van der Waals surface area contributed by atoms with Crippen LogP contribution in [0, 0.1) is 27.7 Å². The minimum Gasteiger partial charge on any atom is -0.489 e. The van der Waals surface area contributed by atoms with Gasteiger partial charge in [-0.15, -0.1) is 0 Å². The summed E-state index contributed by atoms with van der Waals surface area (Å²) in [4.78, 5) is 52.3.